The largest absolute Gasteiger partial charge is 0.399 e. The van der Waals surface area contributed by atoms with Crippen LogP contribution in [0.15, 0.2) is 42.5 Å². The zero-order chi connectivity index (χ0) is 12.7. The van der Waals surface area contributed by atoms with Gasteiger partial charge in [0.1, 0.15) is 0 Å². The lowest BCUT2D eigenvalue weighted by Gasteiger charge is -2.07. The van der Waals surface area contributed by atoms with E-state index in [-0.39, 0.29) is 11.7 Å². The number of nitrogen functional groups attached to an aromatic ring is 2. The minimum Gasteiger partial charge on any atom is -0.399 e. The normalized spacial score (nSPS) is 17.8. The molecule has 18 heavy (non-hydrogen) atoms. The summed E-state index contributed by atoms with van der Waals surface area (Å²) < 4.78 is 0. The molecular weight excluding hydrogens is 224 g/mol. The topological polar surface area (TPSA) is 69.1 Å². The Hall–Kier alpha value is -2.29. The molecule has 0 radical (unpaired) electrons. The monoisotopic (exact) mass is 238 g/mol. The molecule has 1 unspecified atom stereocenters. The molecule has 3 heteroatoms. The number of benzene rings is 2. The lowest BCUT2D eigenvalue weighted by molar-refractivity contribution is 0.0973. The van der Waals surface area contributed by atoms with Crippen molar-refractivity contribution in [3.63, 3.8) is 0 Å². The Labute approximate surface area is 105 Å². The lowest BCUT2D eigenvalue weighted by Crippen LogP contribution is -2.06. The highest BCUT2D eigenvalue weighted by molar-refractivity contribution is 6.07. The summed E-state index contributed by atoms with van der Waals surface area (Å²) in [6.07, 6.45) is 0.671. The van der Waals surface area contributed by atoms with E-state index in [0.717, 1.165) is 11.1 Å². The number of fused-ring (bicyclic) bond motifs is 1. The van der Waals surface area contributed by atoms with Gasteiger partial charge in [-0.05, 0) is 29.7 Å². The van der Waals surface area contributed by atoms with Crippen LogP contribution >= 0.6 is 0 Å². The van der Waals surface area contributed by atoms with E-state index in [1.54, 1.807) is 12.1 Å². The van der Waals surface area contributed by atoms with Gasteiger partial charge in [0.25, 0.3) is 0 Å². The van der Waals surface area contributed by atoms with Crippen molar-refractivity contribution in [1.29, 1.82) is 0 Å². The van der Waals surface area contributed by atoms with E-state index in [9.17, 15) is 4.79 Å². The van der Waals surface area contributed by atoms with E-state index in [4.69, 9.17) is 11.5 Å². The maximum Gasteiger partial charge on any atom is 0.171 e. The molecule has 0 aliphatic heterocycles. The van der Waals surface area contributed by atoms with Crippen LogP contribution in [-0.4, -0.2) is 5.78 Å². The van der Waals surface area contributed by atoms with Gasteiger partial charge in [-0.3, -0.25) is 4.79 Å². The van der Waals surface area contributed by atoms with Gasteiger partial charge in [0.2, 0.25) is 0 Å². The van der Waals surface area contributed by atoms with Crippen LogP contribution in [0.1, 0.15) is 27.4 Å². The first-order chi connectivity index (χ1) is 8.66. The number of ketones is 1. The highest BCUT2D eigenvalue weighted by Crippen LogP contribution is 2.37. The fraction of sp³-hybridized carbons (Fsp3) is 0.133. The van der Waals surface area contributed by atoms with Crippen LogP contribution in [0.5, 0.6) is 0 Å². The van der Waals surface area contributed by atoms with Gasteiger partial charge in [-0.25, -0.2) is 0 Å². The van der Waals surface area contributed by atoms with E-state index < -0.39 is 0 Å². The Morgan fingerprint density at radius 1 is 1.06 bits per heavy atom. The molecule has 0 aromatic heterocycles. The summed E-state index contributed by atoms with van der Waals surface area (Å²) in [5.74, 6) is 0.000463. The third-order valence-electron chi connectivity index (χ3n) is 3.50. The number of carbonyl (C=O) groups excluding carboxylic acids is 1. The molecule has 2 aromatic rings. The van der Waals surface area contributed by atoms with Gasteiger partial charge >= 0.3 is 0 Å². The van der Waals surface area contributed by atoms with Crippen molar-refractivity contribution in [3.05, 3.63) is 59.2 Å². The van der Waals surface area contributed by atoms with E-state index >= 15 is 0 Å². The second kappa shape index (κ2) is 3.88. The molecule has 0 bridgehead atoms. The van der Waals surface area contributed by atoms with Crippen LogP contribution < -0.4 is 11.5 Å². The highest BCUT2D eigenvalue weighted by Gasteiger charge is 2.33. The van der Waals surface area contributed by atoms with Crippen LogP contribution in [0.2, 0.25) is 0 Å². The first-order valence-electron chi connectivity index (χ1n) is 5.94. The van der Waals surface area contributed by atoms with Gasteiger partial charge in [0.05, 0.1) is 5.92 Å². The van der Waals surface area contributed by atoms with Crippen molar-refractivity contribution in [1.82, 2.24) is 0 Å². The average Bonchev–Trinajstić information content (AvgIpc) is 2.69. The maximum absolute atomic E-state index is 12.4. The first kappa shape index (κ1) is 10.8. The van der Waals surface area contributed by atoms with Gasteiger partial charge in [0.15, 0.2) is 5.78 Å². The van der Waals surface area contributed by atoms with Crippen molar-refractivity contribution in [2.75, 3.05) is 11.5 Å². The SMILES string of the molecule is Nc1cc(N)c2c(c1)C(=O)C(c1ccccc1)C2. The molecule has 90 valence electrons. The van der Waals surface area contributed by atoms with Crippen LogP contribution in [0.25, 0.3) is 0 Å². The molecule has 1 aliphatic rings. The summed E-state index contributed by atoms with van der Waals surface area (Å²) in [6, 6.07) is 13.3. The molecule has 0 spiro atoms. The molecule has 0 saturated carbocycles. The second-order valence-electron chi connectivity index (χ2n) is 4.67. The number of hydrogen-bond donors (Lipinski definition) is 2. The first-order valence-corrected chi connectivity index (χ1v) is 5.94. The number of anilines is 2. The average molecular weight is 238 g/mol. The van der Waals surface area contributed by atoms with Crippen LogP contribution in [0, 0.1) is 0 Å². The molecule has 4 N–H and O–H groups in total. The Balaban J connectivity index is 2.07. The molecule has 0 heterocycles. The third-order valence-corrected chi connectivity index (χ3v) is 3.50. The number of hydrogen-bond acceptors (Lipinski definition) is 3. The molecule has 0 amide bonds. The molecule has 0 saturated heterocycles. The fourth-order valence-corrected chi connectivity index (χ4v) is 2.60. The molecular formula is C15H14N2O. The van der Waals surface area contributed by atoms with Crippen molar-refractivity contribution in [2.24, 2.45) is 0 Å². The smallest absolute Gasteiger partial charge is 0.171 e. The van der Waals surface area contributed by atoms with Gasteiger partial charge in [-0.15, -0.1) is 0 Å². The van der Waals surface area contributed by atoms with Crippen LogP contribution in [0.3, 0.4) is 0 Å². The molecule has 0 fully saturated rings. The third kappa shape index (κ3) is 1.56. The zero-order valence-corrected chi connectivity index (χ0v) is 9.89. The van der Waals surface area contributed by atoms with E-state index in [2.05, 4.69) is 0 Å². The van der Waals surface area contributed by atoms with Crippen molar-refractivity contribution in [2.45, 2.75) is 12.3 Å². The van der Waals surface area contributed by atoms with Gasteiger partial charge < -0.3 is 11.5 Å². The van der Waals surface area contributed by atoms with Gasteiger partial charge in [-0.2, -0.15) is 0 Å². The predicted molar refractivity (Wildman–Crippen MR) is 72.5 cm³/mol. The summed E-state index contributed by atoms with van der Waals surface area (Å²) in [7, 11) is 0. The second-order valence-corrected chi connectivity index (χ2v) is 4.67. The van der Waals surface area contributed by atoms with E-state index in [1.165, 1.54) is 0 Å². The van der Waals surface area contributed by atoms with E-state index in [1.807, 2.05) is 30.3 Å². The summed E-state index contributed by atoms with van der Waals surface area (Å²) in [6.45, 7) is 0. The highest BCUT2D eigenvalue weighted by atomic mass is 16.1. The fourth-order valence-electron chi connectivity index (χ4n) is 2.60. The summed E-state index contributed by atoms with van der Waals surface area (Å²) in [5.41, 5.74) is 15.5. The quantitative estimate of drug-likeness (QED) is 0.749. The summed E-state index contributed by atoms with van der Waals surface area (Å²) >= 11 is 0. The number of Topliss-reactive ketones (excluding diaryl/α,β-unsaturated/α-hetero) is 1. The van der Waals surface area contributed by atoms with Crippen molar-refractivity contribution < 1.29 is 4.79 Å². The predicted octanol–water partition coefficient (Wildman–Crippen LogP) is 2.37. The van der Waals surface area contributed by atoms with E-state index in [0.29, 0.717) is 23.4 Å². The van der Waals surface area contributed by atoms with Crippen LogP contribution in [0.4, 0.5) is 11.4 Å². The molecule has 1 atom stereocenters. The van der Waals surface area contributed by atoms with Crippen molar-refractivity contribution >= 4 is 17.2 Å². The maximum atomic E-state index is 12.4. The summed E-state index contributed by atoms with van der Waals surface area (Å²) in [4.78, 5) is 12.4. The molecule has 3 rings (SSSR count). The molecule has 1 aliphatic carbocycles. The zero-order valence-electron chi connectivity index (χ0n) is 9.89. The molecule has 3 nitrogen and oxygen atoms in total. The van der Waals surface area contributed by atoms with Crippen LogP contribution in [-0.2, 0) is 6.42 Å². The Morgan fingerprint density at radius 2 is 1.78 bits per heavy atom. The lowest BCUT2D eigenvalue weighted by atomic mass is 9.95. The van der Waals surface area contributed by atoms with Gasteiger partial charge in [-0.1, -0.05) is 30.3 Å². The summed E-state index contributed by atoms with van der Waals surface area (Å²) in [5, 5.41) is 0. The Bertz CT molecular complexity index is 620. The minimum atomic E-state index is -0.120. The standard InChI is InChI=1S/C15H14N2O/c16-10-6-13-12(14(17)7-10)8-11(15(13)18)9-4-2-1-3-5-9/h1-7,11H,8,16-17H2. The van der Waals surface area contributed by atoms with Gasteiger partial charge in [0, 0.05) is 16.9 Å². The van der Waals surface area contributed by atoms with Crippen molar-refractivity contribution in [3.8, 4) is 0 Å². The number of nitrogens with two attached hydrogens (primary N) is 2. The molecule has 2 aromatic carbocycles. The Morgan fingerprint density at radius 3 is 2.50 bits per heavy atom. The Kier molecular flexibility index (Phi) is 2.33. The minimum absolute atomic E-state index is 0.120. The number of rotatable bonds is 1. The number of carbonyl (C=O) groups is 1.